The van der Waals surface area contributed by atoms with Crippen molar-refractivity contribution in [2.75, 3.05) is 40.0 Å². The Labute approximate surface area is 116 Å². The molecular weight excluding hydrogens is 246 g/mol. The van der Waals surface area contributed by atoms with E-state index < -0.39 is 6.04 Å². The zero-order valence-electron chi connectivity index (χ0n) is 12.0. The van der Waals surface area contributed by atoms with Gasteiger partial charge >= 0.3 is 0 Å². The fourth-order valence-corrected chi connectivity index (χ4v) is 1.56. The van der Waals surface area contributed by atoms with Crippen molar-refractivity contribution in [3.05, 3.63) is 0 Å². The van der Waals surface area contributed by atoms with Gasteiger partial charge in [0.15, 0.2) is 0 Å². The van der Waals surface area contributed by atoms with Crippen LogP contribution >= 0.6 is 0 Å². The number of unbranched alkanes of at least 4 members (excludes halogenated alkanes) is 2. The Bertz CT molecular complexity index is 215. The summed E-state index contributed by atoms with van der Waals surface area (Å²) < 4.78 is 10.2. The lowest BCUT2D eigenvalue weighted by Gasteiger charge is -2.11. The van der Waals surface area contributed by atoms with E-state index in [9.17, 15) is 4.79 Å². The van der Waals surface area contributed by atoms with Gasteiger partial charge in [-0.05, 0) is 32.2 Å². The van der Waals surface area contributed by atoms with Gasteiger partial charge in [-0.3, -0.25) is 4.79 Å². The van der Waals surface area contributed by atoms with E-state index in [-0.39, 0.29) is 5.91 Å². The van der Waals surface area contributed by atoms with E-state index in [0.29, 0.717) is 39.3 Å². The van der Waals surface area contributed by atoms with Gasteiger partial charge in [-0.15, -0.1) is 0 Å². The molecule has 19 heavy (non-hydrogen) atoms. The summed E-state index contributed by atoms with van der Waals surface area (Å²) in [6.07, 6.45) is 4.34. The van der Waals surface area contributed by atoms with Gasteiger partial charge in [-0.1, -0.05) is 6.42 Å². The molecule has 1 unspecified atom stereocenters. The third-order valence-corrected chi connectivity index (χ3v) is 2.75. The molecule has 0 fully saturated rings. The second-order valence-corrected chi connectivity index (χ2v) is 4.49. The Morgan fingerprint density at radius 1 is 1.16 bits per heavy atom. The lowest BCUT2D eigenvalue weighted by Crippen LogP contribution is -2.41. The summed E-state index contributed by atoms with van der Waals surface area (Å²) in [5.74, 6) is -0.0719. The predicted octanol–water partition coefficient (Wildman–Crippen LogP) is 0.00210. The number of rotatable bonds is 13. The van der Waals surface area contributed by atoms with Crippen molar-refractivity contribution < 1.29 is 14.3 Å². The van der Waals surface area contributed by atoms with Gasteiger partial charge in [0.05, 0.1) is 19.3 Å². The smallest absolute Gasteiger partial charge is 0.236 e. The highest BCUT2D eigenvalue weighted by Gasteiger charge is 2.11. The molecule has 0 radical (unpaired) electrons. The van der Waals surface area contributed by atoms with E-state index in [0.717, 1.165) is 25.7 Å². The Balaban J connectivity index is 3.32. The Kier molecular flexibility index (Phi) is 13.2. The van der Waals surface area contributed by atoms with Crippen molar-refractivity contribution in [3.8, 4) is 0 Å². The second-order valence-electron chi connectivity index (χ2n) is 4.49. The van der Waals surface area contributed by atoms with Crippen LogP contribution in [0, 0.1) is 0 Å². The Morgan fingerprint density at radius 2 is 1.95 bits per heavy atom. The summed E-state index contributed by atoms with van der Waals surface area (Å²) in [5, 5.41) is 2.84. The van der Waals surface area contributed by atoms with Crippen molar-refractivity contribution >= 4 is 5.91 Å². The number of carbonyl (C=O) groups excluding carboxylic acids is 1. The van der Waals surface area contributed by atoms with Crippen LogP contribution in [0.5, 0.6) is 0 Å². The predicted molar refractivity (Wildman–Crippen MR) is 75.8 cm³/mol. The molecule has 0 saturated heterocycles. The van der Waals surface area contributed by atoms with E-state index >= 15 is 0 Å². The summed E-state index contributed by atoms with van der Waals surface area (Å²) in [4.78, 5) is 11.6. The Morgan fingerprint density at radius 3 is 2.63 bits per heavy atom. The first kappa shape index (κ1) is 18.3. The van der Waals surface area contributed by atoms with E-state index in [4.69, 9.17) is 20.9 Å². The maximum Gasteiger partial charge on any atom is 0.236 e. The molecule has 0 bridgehead atoms. The van der Waals surface area contributed by atoms with Gasteiger partial charge in [0.1, 0.15) is 0 Å². The molecule has 1 atom stereocenters. The maximum absolute atomic E-state index is 11.6. The van der Waals surface area contributed by atoms with E-state index in [1.165, 1.54) is 0 Å². The first-order valence-electron chi connectivity index (χ1n) is 7.02. The lowest BCUT2D eigenvalue weighted by molar-refractivity contribution is -0.122. The molecule has 114 valence electrons. The molecule has 0 saturated carbocycles. The summed E-state index contributed by atoms with van der Waals surface area (Å²) in [5.41, 5.74) is 11.1. The zero-order valence-corrected chi connectivity index (χ0v) is 12.0. The minimum Gasteiger partial charge on any atom is -0.382 e. The summed E-state index contributed by atoms with van der Waals surface area (Å²) >= 11 is 0. The molecule has 0 aliphatic heterocycles. The lowest BCUT2D eigenvalue weighted by atomic mass is 10.1. The van der Waals surface area contributed by atoms with Gasteiger partial charge in [-0.2, -0.15) is 0 Å². The number of carbonyl (C=O) groups is 1. The maximum atomic E-state index is 11.6. The summed E-state index contributed by atoms with van der Waals surface area (Å²) in [7, 11) is 1.65. The van der Waals surface area contributed by atoms with E-state index in [1.54, 1.807) is 7.11 Å². The third kappa shape index (κ3) is 12.1. The Hall–Kier alpha value is -0.690. The average Bonchev–Trinajstić information content (AvgIpc) is 2.41. The fraction of sp³-hybridized carbons (Fsp3) is 0.923. The number of hydrogen-bond donors (Lipinski definition) is 3. The highest BCUT2D eigenvalue weighted by atomic mass is 16.5. The average molecular weight is 275 g/mol. The molecule has 0 aliphatic carbocycles. The number of methoxy groups -OCH3 is 1. The molecule has 0 aromatic heterocycles. The zero-order chi connectivity index (χ0) is 14.3. The number of nitrogens with one attached hydrogen (secondary N) is 1. The molecule has 0 spiro atoms. The van der Waals surface area contributed by atoms with Crippen LogP contribution in [0.4, 0.5) is 0 Å². The standard InChI is InChI=1S/C13H29N3O3/c1-18-10-11-19-9-5-4-8-16-13(17)12(15)6-2-3-7-14/h12H,2-11,14-15H2,1H3,(H,16,17). The van der Waals surface area contributed by atoms with Crippen molar-refractivity contribution in [2.45, 2.75) is 38.1 Å². The molecule has 5 N–H and O–H groups in total. The van der Waals surface area contributed by atoms with Crippen LogP contribution in [0.2, 0.25) is 0 Å². The monoisotopic (exact) mass is 275 g/mol. The van der Waals surface area contributed by atoms with E-state index in [1.807, 2.05) is 0 Å². The van der Waals surface area contributed by atoms with Crippen LogP contribution in [0.1, 0.15) is 32.1 Å². The van der Waals surface area contributed by atoms with Crippen LogP contribution in [-0.2, 0) is 14.3 Å². The van der Waals surface area contributed by atoms with Gasteiger partial charge in [-0.25, -0.2) is 0 Å². The van der Waals surface area contributed by atoms with Crippen molar-refractivity contribution in [2.24, 2.45) is 11.5 Å². The molecule has 0 aliphatic rings. The minimum atomic E-state index is -0.412. The van der Waals surface area contributed by atoms with Crippen LogP contribution in [-0.4, -0.2) is 52.0 Å². The van der Waals surface area contributed by atoms with Crippen molar-refractivity contribution in [1.29, 1.82) is 0 Å². The topological polar surface area (TPSA) is 99.6 Å². The third-order valence-electron chi connectivity index (χ3n) is 2.75. The highest BCUT2D eigenvalue weighted by molar-refractivity contribution is 5.81. The molecule has 6 heteroatoms. The molecule has 0 aromatic rings. The quantitative estimate of drug-likeness (QED) is 0.411. The minimum absolute atomic E-state index is 0.0719. The first-order chi connectivity index (χ1) is 9.22. The van der Waals surface area contributed by atoms with Crippen LogP contribution in [0.15, 0.2) is 0 Å². The number of amides is 1. The van der Waals surface area contributed by atoms with Crippen LogP contribution in [0.3, 0.4) is 0 Å². The van der Waals surface area contributed by atoms with Gasteiger partial charge in [0.2, 0.25) is 5.91 Å². The second kappa shape index (κ2) is 13.7. The van der Waals surface area contributed by atoms with Gasteiger partial charge in [0, 0.05) is 20.3 Å². The highest BCUT2D eigenvalue weighted by Crippen LogP contribution is 1.98. The molecule has 0 aromatic carbocycles. The fourth-order valence-electron chi connectivity index (χ4n) is 1.56. The normalized spacial score (nSPS) is 12.4. The number of nitrogens with two attached hydrogens (primary N) is 2. The molecular formula is C13H29N3O3. The van der Waals surface area contributed by atoms with Gasteiger partial charge < -0.3 is 26.3 Å². The number of hydrogen-bond acceptors (Lipinski definition) is 5. The molecule has 0 heterocycles. The molecule has 0 rings (SSSR count). The SMILES string of the molecule is COCCOCCCCNC(=O)C(N)CCCCN. The summed E-state index contributed by atoms with van der Waals surface area (Å²) in [6.45, 7) is 3.24. The largest absolute Gasteiger partial charge is 0.382 e. The van der Waals surface area contributed by atoms with Crippen molar-refractivity contribution in [3.63, 3.8) is 0 Å². The van der Waals surface area contributed by atoms with Crippen LogP contribution < -0.4 is 16.8 Å². The van der Waals surface area contributed by atoms with Crippen molar-refractivity contribution in [1.82, 2.24) is 5.32 Å². The molecule has 1 amide bonds. The van der Waals surface area contributed by atoms with Crippen LogP contribution in [0.25, 0.3) is 0 Å². The first-order valence-corrected chi connectivity index (χ1v) is 7.02. The molecule has 6 nitrogen and oxygen atoms in total. The number of ether oxygens (including phenoxy) is 2. The van der Waals surface area contributed by atoms with E-state index in [2.05, 4.69) is 5.32 Å². The van der Waals surface area contributed by atoms with Gasteiger partial charge in [0.25, 0.3) is 0 Å². The summed E-state index contributed by atoms with van der Waals surface area (Å²) in [6, 6.07) is -0.412.